The van der Waals surface area contributed by atoms with Crippen LogP contribution in [0.25, 0.3) is 0 Å². The highest BCUT2D eigenvalue weighted by molar-refractivity contribution is 14.0. The quantitative estimate of drug-likeness (QED) is 0.221. The van der Waals surface area contributed by atoms with E-state index in [-0.39, 0.29) is 36.3 Å². The van der Waals surface area contributed by atoms with E-state index in [1.165, 1.54) is 17.8 Å². The summed E-state index contributed by atoms with van der Waals surface area (Å²) in [5.74, 6) is 0.0150. The first-order chi connectivity index (χ1) is 14.5. The normalized spacial score (nSPS) is 15.4. The zero-order valence-corrected chi connectivity index (χ0v) is 21.0. The Bertz CT molecular complexity index is 843. The molecule has 0 aliphatic carbocycles. The van der Waals surface area contributed by atoms with E-state index in [2.05, 4.69) is 30.9 Å². The number of halogens is 3. The van der Waals surface area contributed by atoms with Crippen molar-refractivity contribution in [3.05, 3.63) is 45.9 Å². The van der Waals surface area contributed by atoms with Crippen LogP contribution in [-0.4, -0.2) is 55.7 Å². The fourth-order valence-corrected chi connectivity index (χ4v) is 4.05. The van der Waals surface area contributed by atoms with Crippen molar-refractivity contribution >= 4 is 41.3 Å². The maximum Gasteiger partial charge on any atom is 0.191 e. The van der Waals surface area contributed by atoms with Crippen LogP contribution in [0.5, 0.6) is 5.75 Å². The van der Waals surface area contributed by atoms with Gasteiger partial charge in [0.25, 0.3) is 0 Å². The molecule has 2 heterocycles. The Morgan fingerprint density at radius 1 is 1.29 bits per heavy atom. The average molecular weight is 565 g/mol. The highest BCUT2D eigenvalue weighted by Crippen LogP contribution is 2.19. The Hall–Kier alpha value is -1.53. The second kappa shape index (κ2) is 13.1. The zero-order chi connectivity index (χ0) is 21.3. The average Bonchev–Trinajstić information content (AvgIpc) is 3.14. The minimum absolute atomic E-state index is 0. The van der Waals surface area contributed by atoms with Gasteiger partial charge in [-0.15, -0.1) is 35.3 Å². The van der Waals surface area contributed by atoms with Crippen LogP contribution in [0.1, 0.15) is 23.5 Å². The van der Waals surface area contributed by atoms with Crippen molar-refractivity contribution in [1.29, 1.82) is 0 Å². The van der Waals surface area contributed by atoms with E-state index >= 15 is 0 Å². The summed E-state index contributed by atoms with van der Waals surface area (Å²) in [4.78, 5) is 11.2. The van der Waals surface area contributed by atoms with Crippen LogP contribution in [0.3, 0.4) is 0 Å². The highest BCUT2D eigenvalue weighted by atomic mass is 127. The zero-order valence-electron chi connectivity index (χ0n) is 17.9. The minimum Gasteiger partial charge on any atom is -0.489 e. The van der Waals surface area contributed by atoms with E-state index in [9.17, 15) is 8.78 Å². The van der Waals surface area contributed by atoms with Gasteiger partial charge in [-0.05, 0) is 50.9 Å². The number of likely N-dealkylation sites (tertiary alicyclic amines) is 1. The molecule has 1 fully saturated rings. The predicted molar refractivity (Wildman–Crippen MR) is 131 cm³/mol. The van der Waals surface area contributed by atoms with Gasteiger partial charge in [-0.1, -0.05) is 0 Å². The fraction of sp³-hybridized carbons (Fsp3) is 0.524. The van der Waals surface area contributed by atoms with Gasteiger partial charge >= 0.3 is 0 Å². The van der Waals surface area contributed by atoms with Crippen molar-refractivity contribution in [1.82, 2.24) is 20.5 Å². The molecule has 31 heavy (non-hydrogen) atoms. The van der Waals surface area contributed by atoms with E-state index < -0.39 is 11.6 Å². The number of piperidine rings is 1. The van der Waals surface area contributed by atoms with Crippen molar-refractivity contribution < 1.29 is 13.5 Å². The molecule has 0 spiro atoms. The number of thiazole rings is 1. The van der Waals surface area contributed by atoms with E-state index in [0.717, 1.165) is 50.1 Å². The number of hydrogen-bond acceptors (Lipinski definition) is 5. The molecular formula is C21H30F2IN5OS. The number of hydrogen-bond donors (Lipinski definition) is 2. The van der Waals surface area contributed by atoms with Crippen LogP contribution >= 0.6 is 35.3 Å². The Kier molecular flexibility index (Phi) is 10.9. The number of ether oxygens (including phenoxy) is 1. The van der Waals surface area contributed by atoms with Crippen LogP contribution in [0.4, 0.5) is 8.78 Å². The maximum absolute atomic E-state index is 13.6. The molecule has 2 N–H and O–H groups in total. The summed E-state index contributed by atoms with van der Waals surface area (Å²) < 4.78 is 31.8. The number of rotatable bonds is 8. The highest BCUT2D eigenvalue weighted by Gasteiger charge is 2.20. The lowest BCUT2D eigenvalue weighted by Crippen LogP contribution is -2.43. The van der Waals surface area contributed by atoms with Crippen LogP contribution < -0.4 is 15.4 Å². The van der Waals surface area contributed by atoms with Gasteiger partial charge in [0.1, 0.15) is 12.4 Å². The summed E-state index contributed by atoms with van der Waals surface area (Å²) in [6.07, 6.45) is 2.28. The van der Waals surface area contributed by atoms with Gasteiger partial charge in [-0.2, -0.15) is 0 Å². The minimum atomic E-state index is -0.700. The molecule has 0 amide bonds. The van der Waals surface area contributed by atoms with Crippen molar-refractivity contribution in [3.63, 3.8) is 0 Å². The molecule has 1 aliphatic heterocycles. The van der Waals surface area contributed by atoms with Gasteiger partial charge in [0, 0.05) is 31.6 Å². The molecule has 0 bridgehead atoms. The summed E-state index contributed by atoms with van der Waals surface area (Å²) in [6.45, 7) is 6.69. The lowest BCUT2D eigenvalue weighted by Gasteiger charge is -2.31. The number of nitrogens with one attached hydrogen (secondary N) is 2. The van der Waals surface area contributed by atoms with Crippen LogP contribution in [0.2, 0.25) is 0 Å². The largest absolute Gasteiger partial charge is 0.489 e. The maximum atomic E-state index is 13.6. The lowest BCUT2D eigenvalue weighted by molar-refractivity contribution is 0.176. The molecule has 6 nitrogen and oxygen atoms in total. The number of aryl methyl sites for hydroxylation is 1. The van der Waals surface area contributed by atoms with E-state index in [1.54, 1.807) is 18.4 Å². The Labute approximate surface area is 203 Å². The number of nitrogens with zero attached hydrogens (tertiary/aromatic N) is 3. The van der Waals surface area contributed by atoms with E-state index in [0.29, 0.717) is 18.4 Å². The molecule has 2 aromatic rings. The lowest BCUT2D eigenvalue weighted by atomic mass is 9.97. The number of benzene rings is 1. The third-order valence-corrected chi connectivity index (χ3v) is 5.91. The smallest absolute Gasteiger partial charge is 0.191 e. The molecule has 1 aromatic carbocycles. The standard InChI is InChI=1S/C21H29F2N5OS.HI/c1-15-27-18(14-30-15)13-28-8-5-16(6-9-28)12-26-21(24-2)25-7-10-29-20-4-3-17(22)11-19(20)23;/h3-4,11,14,16H,5-10,12-13H2,1-2H3,(H2,24,25,26);1H. The van der Waals surface area contributed by atoms with Gasteiger partial charge in [-0.25, -0.2) is 13.8 Å². The first-order valence-corrected chi connectivity index (χ1v) is 11.1. The first-order valence-electron chi connectivity index (χ1n) is 10.2. The summed E-state index contributed by atoms with van der Waals surface area (Å²) >= 11 is 1.70. The molecular weight excluding hydrogens is 535 g/mol. The Balaban J connectivity index is 0.00000341. The second-order valence-corrected chi connectivity index (χ2v) is 8.44. The molecule has 0 unspecified atom stereocenters. The number of aliphatic imine (C=N–C) groups is 1. The third kappa shape index (κ3) is 8.49. The SMILES string of the molecule is CN=C(NCCOc1ccc(F)cc1F)NCC1CCN(Cc2csc(C)n2)CC1.I. The predicted octanol–water partition coefficient (Wildman–Crippen LogP) is 3.80. The summed E-state index contributed by atoms with van der Waals surface area (Å²) in [6, 6.07) is 3.28. The molecule has 0 atom stereocenters. The van der Waals surface area contributed by atoms with Crippen molar-refractivity contribution in [2.24, 2.45) is 10.9 Å². The van der Waals surface area contributed by atoms with Gasteiger partial charge in [0.05, 0.1) is 17.2 Å². The number of aromatic nitrogens is 1. The van der Waals surface area contributed by atoms with Crippen LogP contribution in [-0.2, 0) is 6.54 Å². The topological polar surface area (TPSA) is 61.8 Å². The molecule has 10 heteroatoms. The molecule has 1 aliphatic rings. The first kappa shape index (κ1) is 25.7. The van der Waals surface area contributed by atoms with Gasteiger partial charge in [0.15, 0.2) is 17.5 Å². The number of guanidine groups is 1. The molecule has 1 aromatic heterocycles. The summed E-state index contributed by atoms with van der Waals surface area (Å²) in [7, 11) is 1.72. The molecule has 0 saturated carbocycles. The monoisotopic (exact) mass is 565 g/mol. The van der Waals surface area contributed by atoms with Crippen molar-refractivity contribution in [3.8, 4) is 5.75 Å². The van der Waals surface area contributed by atoms with E-state index in [4.69, 9.17) is 4.74 Å². The molecule has 172 valence electrons. The third-order valence-electron chi connectivity index (χ3n) is 5.09. The Morgan fingerprint density at radius 3 is 2.71 bits per heavy atom. The Morgan fingerprint density at radius 2 is 2.06 bits per heavy atom. The molecule has 3 rings (SSSR count). The van der Waals surface area contributed by atoms with Gasteiger partial charge in [0.2, 0.25) is 0 Å². The van der Waals surface area contributed by atoms with Crippen LogP contribution in [0, 0.1) is 24.5 Å². The summed E-state index contributed by atoms with van der Waals surface area (Å²) in [5.41, 5.74) is 1.17. The van der Waals surface area contributed by atoms with Crippen molar-refractivity contribution in [2.45, 2.75) is 26.3 Å². The summed E-state index contributed by atoms with van der Waals surface area (Å²) in [5, 5.41) is 9.78. The molecule has 0 radical (unpaired) electrons. The van der Waals surface area contributed by atoms with Crippen LogP contribution in [0.15, 0.2) is 28.6 Å². The fourth-order valence-electron chi connectivity index (χ4n) is 3.44. The van der Waals surface area contributed by atoms with Crippen molar-refractivity contribution in [2.75, 3.05) is 39.8 Å². The second-order valence-electron chi connectivity index (χ2n) is 7.38. The van der Waals surface area contributed by atoms with E-state index in [1.807, 2.05) is 6.92 Å². The molecule has 1 saturated heterocycles. The van der Waals surface area contributed by atoms with Gasteiger partial charge < -0.3 is 15.4 Å². The van der Waals surface area contributed by atoms with Gasteiger partial charge in [-0.3, -0.25) is 9.89 Å².